The molecule has 2 amide bonds. The lowest BCUT2D eigenvalue weighted by atomic mass is 10.1. The number of halogens is 3. The van der Waals surface area contributed by atoms with E-state index in [4.69, 9.17) is 16.6 Å². The summed E-state index contributed by atoms with van der Waals surface area (Å²) in [7, 11) is 3.85. The van der Waals surface area contributed by atoms with Gasteiger partial charge < -0.3 is 15.1 Å². The first-order valence-electron chi connectivity index (χ1n) is 12.1. The Balaban J connectivity index is 1.88. The van der Waals surface area contributed by atoms with E-state index < -0.39 is 11.9 Å². The summed E-state index contributed by atoms with van der Waals surface area (Å²) in [5, 5.41) is 3.26. The van der Waals surface area contributed by atoms with Crippen molar-refractivity contribution in [2.24, 2.45) is 0 Å². The normalized spacial score (nSPS) is 12.1. The van der Waals surface area contributed by atoms with E-state index >= 15 is 0 Å². The SMILES string of the molecule is CCC(c1nc2ccccc2c(=O)n1-c1ccc(F)c(Cl)c1)N(CCN(C)C)C(=O)Nc1ccc(Br)cc1. The lowest BCUT2D eigenvalue weighted by molar-refractivity contribution is 0.173. The minimum atomic E-state index is -0.590. The summed E-state index contributed by atoms with van der Waals surface area (Å²) >= 11 is 9.52. The average molecular weight is 601 g/mol. The number of anilines is 1. The Bertz CT molecular complexity index is 1510. The highest BCUT2D eigenvalue weighted by molar-refractivity contribution is 9.10. The van der Waals surface area contributed by atoms with Crippen LogP contribution in [0.4, 0.5) is 14.9 Å². The third-order valence-corrected chi connectivity index (χ3v) is 6.99. The highest BCUT2D eigenvalue weighted by Crippen LogP contribution is 2.28. The average Bonchev–Trinajstić information content (AvgIpc) is 2.89. The second kappa shape index (κ2) is 12.1. The minimum absolute atomic E-state index is 0.112. The fraction of sp³-hybridized carbons (Fsp3) is 0.250. The lowest BCUT2D eigenvalue weighted by Gasteiger charge is -2.33. The molecule has 0 aliphatic rings. The van der Waals surface area contributed by atoms with Crippen molar-refractivity contribution in [1.29, 1.82) is 0 Å². The van der Waals surface area contributed by atoms with Crippen molar-refractivity contribution in [2.45, 2.75) is 19.4 Å². The number of nitrogens with zero attached hydrogens (tertiary/aromatic N) is 4. The van der Waals surface area contributed by atoms with Crippen LogP contribution in [0, 0.1) is 5.82 Å². The van der Waals surface area contributed by atoms with Gasteiger partial charge in [-0.05, 0) is 75.1 Å². The van der Waals surface area contributed by atoms with Gasteiger partial charge in [-0.3, -0.25) is 9.36 Å². The van der Waals surface area contributed by atoms with Crippen LogP contribution in [-0.2, 0) is 0 Å². The number of likely N-dealkylation sites (N-methyl/N-ethyl adjacent to an activating group) is 1. The van der Waals surface area contributed by atoms with Crippen LogP contribution in [0.3, 0.4) is 0 Å². The molecule has 3 aromatic carbocycles. The largest absolute Gasteiger partial charge is 0.322 e. The molecule has 0 spiro atoms. The van der Waals surface area contributed by atoms with E-state index in [1.165, 1.54) is 22.8 Å². The number of carbonyl (C=O) groups is 1. The third-order valence-electron chi connectivity index (χ3n) is 6.17. The van der Waals surface area contributed by atoms with Gasteiger partial charge in [0, 0.05) is 23.2 Å². The van der Waals surface area contributed by atoms with Crippen molar-refractivity contribution in [3.8, 4) is 5.69 Å². The van der Waals surface area contributed by atoms with E-state index in [1.807, 2.05) is 44.1 Å². The first-order valence-corrected chi connectivity index (χ1v) is 13.3. The number of fused-ring (bicyclic) bond motifs is 1. The van der Waals surface area contributed by atoms with Crippen molar-refractivity contribution in [3.05, 3.63) is 98.2 Å². The molecule has 4 aromatic rings. The van der Waals surface area contributed by atoms with E-state index in [9.17, 15) is 14.0 Å². The smallest absolute Gasteiger partial charge is 0.313 e. The van der Waals surface area contributed by atoms with Gasteiger partial charge in [-0.25, -0.2) is 14.2 Å². The van der Waals surface area contributed by atoms with Gasteiger partial charge in [0.05, 0.1) is 27.7 Å². The molecular weight excluding hydrogens is 573 g/mol. The topological polar surface area (TPSA) is 70.5 Å². The van der Waals surface area contributed by atoms with Crippen LogP contribution in [0.5, 0.6) is 0 Å². The molecule has 1 heterocycles. The van der Waals surface area contributed by atoms with E-state index in [1.54, 1.807) is 35.2 Å². The van der Waals surface area contributed by atoms with Crippen molar-refractivity contribution in [1.82, 2.24) is 19.4 Å². The maximum absolute atomic E-state index is 14.0. The van der Waals surface area contributed by atoms with Crippen molar-refractivity contribution in [3.63, 3.8) is 0 Å². The van der Waals surface area contributed by atoms with Crippen LogP contribution < -0.4 is 10.9 Å². The van der Waals surface area contributed by atoms with Crippen molar-refractivity contribution in [2.75, 3.05) is 32.5 Å². The summed E-state index contributed by atoms with van der Waals surface area (Å²) in [5.41, 5.74) is 1.19. The van der Waals surface area contributed by atoms with Crippen LogP contribution in [0.15, 0.2) is 76.0 Å². The van der Waals surface area contributed by atoms with Gasteiger partial charge in [0.2, 0.25) is 0 Å². The molecule has 0 radical (unpaired) electrons. The Hall–Kier alpha value is -3.27. The fourth-order valence-corrected chi connectivity index (χ4v) is 4.66. The van der Waals surface area contributed by atoms with Crippen LogP contribution in [0.25, 0.3) is 16.6 Å². The molecule has 0 saturated heterocycles. The first-order chi connectivity index (χ1) is 18.2. The molecule has 7 nitrogen and oxygen atoms in total. The maximum atomic E-state index is 14.0. The standard InChI is InChI=1S/C28H28BrClFN5O2/c1-4-25(35(16-15-34(2)3)28(38)32-19-11-9-18(29)10-12-19)26-33-24-8-6-5-7-21(24)27(37)36(26)20-13-14-23(31)22(30)17-20/h5-14,17,25H,4,15-16H2,1-3H3,(H,32,38). The van der Waals surface area contributed by atoms with Crippen LogP contribution in [-0.4, -0.2) is 52.6 Å². The fourth-order valence-electron chi connectivity index (χ4n) is 4.22. The van der Waals surface area contributed by atoms with Gasteiger partial charge in [-0.15, -0.1) is 0 Å². The summed E-state index contributed by atoms with van der Waals surface area (Å²) in [4.78, 5) is 36.0. The molecule has 38 heavy (non-hydrogen) atoms. The molecule has 0 fully saturated rings. The van der Waals surface area contributed by atoms with Crippen LogP contribution >= 0.6 is 27.5 Å². The lowest BCUT2D eigenvalue weighted by Crippen LogP contribution is -2.43. The summed E-state index contributed by atoms with van der Waals surface area (Å²) in [5.74, 6) is -0.226. The van der Waals surface area contributed by atoms with Gasteiger partial charge in [0.15, 0.2) is 0 Å². The predicted octanol–water partition coefficient (Wildman–Crippen LogP) is 6.49. The first kappa shape index (κ1) is 27.8. The van der Waals surface area contributed by atoms with Gasteiger partial charge in [-0.1, -0.05) is 46.6 Å². The zero-order chi connectivity index (χ0) is 27.4. The monoisotopic (exact) mass is 599 g/mol. The Morgan fingerprint density at radius 2 is 1.82 bits per heavy atom. The Kier molecular flexibility index (Phi) is 8.81. The van der Waals surface area contributed by atoms with Gasteiger partial charge in [-0.2, -0.15) is 0 Å². The van der Waals surface area contributed by atoms with Gasteiger partial charge in [0.1, 0.15) is 11.6 Å². The number of hydrogen-bond acceptors (Lipinski definition) is 4. The molecule has 10 heteroatoms. The molecule has 1 N–H and O–H groups in total. The van der Waals surface area contributed by atoms with E-state index in [2.05, 4.69) is 21.2 Å². The number of urea groups is 1. The number of carbonyl (C=O) groups excluding carboxylic acids is 1. The number of para-hydroxylation sites is 1. The predicted molar refractivity (Wildman–Crippen MR) is 154 cm³/mol. The quantitative estimate of drug-likeness (QED) is 0.251. The minimum Gasteiger partial charge on any atom is -0.313 e. The molecule has 0 saturated carbocycles. The van der Waals surface area contributed by atoms with Crippen LogP contribution in [0.2, 0.25) is 5.02 Å². The number of amides is 2. The highest BCUT2D eigenvalue weighted by atomic mass is 79.9. The second-order valence-corrected chi connectivity index (χ2v) is 10.4. The Labute approximate surface area is 234 Å². The molecule has 1 atom stereocenters. The Morgan fingerprint density at radius 3 is 2.47 bits per heavy atom. The zero-order valence-electron chi connectivity index (χ0n) is 21.3. The molecule has 0 bridgehead atoms. The van der Waals surface area contributed by atoms with Gasteiger partial charge >= 0.3 is 6.03 Å². The molecule has 1 aromatic heterocycles. The van der Waals surface area contributed by atoms with Gasteiger partial charge in [0.25, 0.3) is 5.56 Å². The maximum Gasteiger partial charge on any atom is 0.322 e. The van der Waals surface area contributed by atoms with E-state index in [-0.39, 0.29) is 16.6 Å². The number of hydrogen-bond donors (Lipinski definition) is 1. The number of benzene rings is 3. The summed E-state index contributed by atoms with van der Waals surface area (Å²) in [6.45, 7) is 2.90. The number of rotatable bonds is 8. The highest BCUT2D eigenvalue weighted by Gasteiger charge is 2.29. The summed E-state index contributed by atoms with van der Waals surface area (Å²) in [6.07, 6.45) is 0.473. The summed E-state index contributed by atoms with van der Waals surface area (Å²) in [6, 6.07) is 17.5. The number of aromatic nitrogens is 2. The molecular formula is C28H28BrClFN5O2. The van der Waals surface area contributed by atoms with Crippen molar-refractivity contribution < 1.29 is 9.18 Å². The van der Waals surface area contributed by atoms with E-state index in [0.717, 1.165) is 4.47 Å². The second-order valence-electron chi connectivity index (χ2n) is 9.08. The molecule has 4 rings (SSSR count). The summed E-state index contributed by atoms with van der Waals surface area (Å²) < 4.78 is 16.4. The molecule has 0 aliphatic heterocycles. The molecule has 0 aliphatic carbocycles. The van der Waals surface area contributed by atoms with Crippen LogP contribution in [0.1, 0.15) is 25.2 Å². The van der Waals surface area contributed by atoms with E-state index in [0.29, 0.717) is 47.6 Å². The third kappa shape index (κ3) is 6.06. The Morgan fingerprint density at radius 1 is 1.11 bits per heavy atom. The zero-order valence-corrected chi connectivity index (χ0v) is 23.6. The molecule has 1 unspecified atom stereocenters. The number of nitrogens with one attached hydrogen (secondary N) is 1. The van der Waals surface area contributed by atoms with Crippen molar-refractivity contribution >= 4 is 50.2 Å². The molecule has 198 valence electrons.